The van der Waals surface area contributed by atoms with Crippen molar-refractivity contribution in [3.8, 4) is 0 Å². The number of anilines is 1. The smallest absolute Gasteiger partial charge is 0.316 e. The zero-order chi connectivity index (χ0) is 16.9. The number of benzene rings is 1. The highest BCUT2D eigenvalue weighted by molar-refractivity contribution is 5.92. The van der Waals surface area contributed by atoms with Crippen LogP contribution in [0.25, 0.3) is 10.9 Å². The first-order valence-corrected chi connectivity index (χ1v) is 9.08. The number of urea groups is 1. The first-order chi connectivity index (χ1) is 11.7. The summed E-state index contributed by atoms with van der Waals surface area (Å²) in [6.07, 6.45) is 9.72. The third-order valence-corrected chi connectivity index (χ3v) is 5.00. The van der Waals surface area contributed by atoms with Crippen LogP contribution in [0.2, 0.25) is 0 Å². The third kappa shape index (κ3) is 3.90. The highest BCUT2D eigenvalue weighted by Crippen LogP contribution is 2.30. The number of nitrogens with zero attached hydrogens (tertiary/aromatic N) is 1. The molecule has 1 saturated heterocycles. The molecule has 2 aromatic rings. The van der Waals surface area contributed by atoms with Crippen LogP contribution in [0.15, 0.2) is 30.5 Å². The molecular formula is C19H28N4O. The fourth-order valence-corrected chi connectivity index (χ4v) is 3.80. The lowest BCUT2D eigenvalue weighted by Gasteiger charge is -2.32. The molecular weight excluding hydrogens is 300 g/mol. The van der Waals surface area contributed by atoms with Gasteiger partial charge in [-0.3, -0.25) is 0 Å². The fraction of sp³-hybridized carbons (Fsp3) is 0.526. The highest BCUT2D eigenvalue weighted by Gasteiger charge is 2.23. The predicted molar refractivity (Wildman–Crippen MR) is 99.3 cm³/mol. The van der Waals surface area contributed by atoms with Crippen LogP contribution in [0.5, 0.6) is 0 Å². The molecule has 0 bridgehead atoms. The van der Waals surface area contributed by atoms with E-state index < -0.39 is 6.03 Å². The number of carbonyl (C=O) groups is 1. The van der Waals surface area contributed by atoms with Crippen molar-refractivity contribution in [3.63, 3.8) is 0 Å². The molecule has 4 N–H and O–H groups in total. The molecule has 1 aromatic carbocycles. The van der Waals surface area contributed by atoms with Crippen LogP contribution in [0.1, 0.15) is 51.5 Å². The molecule has 0 spiro atoms. The second kappa shape index (κ2) is 7.71. The van der Waals surface area contributed by atoms with E-state index in [1.807, 2.05) is 12.1 Å². The van der Waals surface area contributed by atoms with Gasteiger partial charge in [0.1, 0.15) is 0 Å². The summed E-state index contributed by atoms with van der Waals surface area (Å²) >= 11 is 0. The Morgan fingerprint density at radius 3 is 3.04 bits per heavy atom. The van der Waals surface area contributed by atoms with Gasteiger partial charge in [-0.1, -0.05) is 26.2 Å². The molecule has 0 aliphatic carbocycles. The summed E-state index contributed by atoms with van der Waals surface area (Å²) in [5.74, 6) is 0. The minimum atomic E-state index is -0.526. The summed E-state index contributed by atoms with van der Waals surface area (Å²) in [5, 5.41) is 7.46. The van der Waals surface area contributed by atoms with Gasteiger partial charge in [-0.15, -0.1) is 0 Å². The number of fused-ring (bicyclic) bond motifs is 1. The lowest BCUT2D eigenvalue weighted by Crippen LogP contribution is -2.38. The first-order valence-electron chi connectivity index (χ1n) is 9.08. The maximum atomic E-state index is 11.0. The number of hydrogen-bond donors (Lipinski definition) is 3. The molecule has 130 valence electrons. The van der Waals surface area contributed by atoms with Crippen LogP contribution < -0.4 is 16.4 Å². The van der Waals surface area contributed by atoms with Gasteiger partial charge in [0, 0.05) is 34.9 Å². The van der Waals surface area contributed by atoms with Gasteiger partial charge in [0.2, 0.25) is 0 Å². The van der Waals surface area contributed by atoms with Gasteiger partial charge in [-0.05, 0) is 50.1 Å². The Morgan fingerprint density at radius 2 is 2.25 bits per heavy atom. The maximum Gasteiger partial charge on any atom is 0.316 e. The first kappa shape index (κ1) is 16.8. The number of rotatable bonds is 6. The van der Waals surface area contributed by atoms with E-state index in [0.29, 0.717) is 12.1 Å². The lowest BCUT2D eigenvalue weighted by atomic mass is 9.95. The maximum absolute atomic E-state index is 11.0. The van der Waals surface area contributed by atoms with E-state index in [2.05, 4.69) is 40.5 Å². The summed E-state index contributed by atoms with van der Waals surface area (Å²) in [6.45, 7) is 3.34. The van der Waals surface area contributed by atoms with Crippen molar-refractivity contribution in [2.75, 3.05) is 11.9 Å². The molecule has 2 heterocycles. The zero-order valence-electron chi connectivity index (χ0n) is 14.4. The zero-order valence-corrected chi connectivity index (χ0v) is 14.4. The quantitative estimate of drug-likeness (QED) is 0.701. The van der Waals surface area contributed by atoms with Gasteiger partial charge < -0.3 is 20.9 Å². The molecule has 5 nitrogen and oxygen atoms in total. The Balaban J connectivity index is 1.72. The highest BCUT2D eigenvalue weighted by atomic mass is 16.2. The van der Waals surface area contributed by atoms with E-state index in [1.165, 1.54) is 37.6 Å². The Labute approximate surface area is 143 Å². The van der Waals surface area contributed by atoms with Crippen molar-refractivity contribution in [2.45, 2.75) is 57.5 Å². The molecule has 2 amide bonds. The van der Waals surface area contributed by atoms with E-state index in [0.717, 1.165) is 24.0 Å². The van der Waals surface area contributed by atoms with Crippen LogP contribution in [-0.4, -0.2) is 23.2 Å². The van der Waals surface area contributed by atoms with Gasteiger partial charge >= 0.3 is 6.03 Å². The molecule has 2 unspecified atom stereocenters. The van der Waals surface area contributed by atoms with Gasteiger partial charge in [0.25, 0.3) is 0 Å². The van der Waals surface area contributed by atoms with Crippen molar-refractivity contribution in [3.05, 3.63) is 30.5 Å². The van der Waals surface area contributed by atoms with Crippen molar-refractivity contribution >= 4 is 22.6 Å². The number of aromatic nitrogens is 1. The van der Waals surface area contributed by atoms with Gasteiger partial charge in [-0.25, -0.2) is 4.79 Å². The van der Waals surface area contributed by atoms with Crippen molar-refractivity contribution < 1.29 is 4.79 Å². The largest absolute Gasteiger partial charge is 0.351 e. The number of hydrogen-bond acceptors (Lipinski definition) is 2. The summed E-state index contributed by atoms with van der Waals surface area (Å²) in [5.41, 5.74) is 7.17. The molecule has 0 radical (unpaired) electrons. The molecule has 2 atom stereocenters. The Hall–Kier alpha value is -2.01. The van der Waals surface area contributed by atoms with Crippen LogP contribution in [0, 0.1) is 0 Å². The summed E-state index contributed by atoms with van der Waals surface area (Å²) in [4.78, 5) is 11.0. The molecule has 1 aliphatic rings. The van der Waals surface area contributed by atoms with E-state index in [1.54, 1.807) is 0 Å². The predicted octanol–water partition coefficient (Wildman–Crippen LogP) is 4.01. The second-order valence-corrected chi connectivity index (χ2v) is 6.81. The van der Waals surface area contributed by atoms with E-state index in [9.17, 15) is 4.79 Å². The normalized spacial score (nSPS) is 21.0. The number of nitrogens with one attached hydrogen (secondary N) is 2. The topological polar surface area (TPSA) is 72.1 Å². The van der Waals surface area contributed by atoms with Crippen LogP contribution in [-0.2, 0) is 0 Å². The monoisotopic (exact) mass is 328 g/mol. The van der Waals surface area contributed by atoms with Gasteiger partial charge in [0.05, 0.1) is 0 Å². The average Bonchev–Trinajstić information content (AvgIpc) is 2.98. The Bertz CT molecular complexity index is 694. The van der Waals surface area contributed by atoms with Crippen molar-refractivity contribution in [2.24, 2.45) is 5.73 Å². The van der Waals surface area contributed by atoms with Crippen molar-refractivity contribution in [1.82, 2.24) is 9.88 Å². The summed E-state index contributed by atoms with van der Waals surface area (Å²) in [7, 11) is 0. The minimum Gasteiger partial charge on any atom is -0.351 e. The van der Waals surface area contributed by atoms with E-state index in [-0.39, 0.29) is 0 Å². The van der Waals surface area contributed by atoms with Crippen LogP contribution in [0.3, 0.4) is 0 Å². The van der Waals surface area contributed by atoms with E-state index in [4.69, 9.17) is 5.73 Å². The molecule has 5 heteroatoms. The fourth-order valence-electron chi connectivity index (χ4n) is 3.80. The van der Waals surface area contributed by atoms with Crippen molar-refractivity contribution in [1.29, 1.82) is 0 Å². The SMILES string of the molecule is CCCCCC1CC(n2ccc3cc(NC(N)=O)ccc32)CCN1. The van der Waals surface area contributed by atoms with Gasteiger partial charge in [0.15, 0.2) is 0 Å². The minimum absolute atomic E-state index is 0.526. The number of amides is 2. The Morgan fingerprint density at radius 1 is 1.38 bits per heavy atom. The Kier molecular flexibility index (Phi) is 5.41. The summed E-state index contributed by atoms with van der Waals surface area (Å²) in [6, 6.07) is 8.75. The molecule has 1 aromatic heterocycles. The van der Waals surface area contributed by atoms with Crippen LogP contribution in [0.4, 0.5) is 10.5 Å². The molecule has 24 heavy (non-hydrogen) atoms. The van der Waals surface area contributed by atoms with Crippen LogP contribution >= 0.6 is 0 Å². The van der Waals surface area contributed by atoms with Gasteiger partial charge in [-0.2, -0.15) is 0 Å². The standard InChI is InChI=1S/C19H28N4O/c1-2-3-4-5-15-13-17(8-10-21-15)23-11-9-14-12-16(22-19(20)24)6-7-18(14)23/h6-7,9,11-12,15,17,21H,2-5,8,10,13H2,1H3,(H3,20,22,24). The molecule has 1 fully saturated rings. The summed E-state index contributed by atoms with van der Waals surface area (Å²) < 4.78 is 2.40. The molecule has 0 saturated carbocycles. The number of piperidine rings is 1. The molecule has 3 rings (SSSR count). The average molecular weight is 328 g/mol. The second-order valence-electron chi connectivity index (χ2n) is 6.81. The third-order valence-electron chi connectivity index (χ3n) is 5.00. The number of carbonyl (C=O) groups excluding carboxylic acids is 1. The molecule has 1 aliphatic heterocycles. The number of primary amides is 1. The number of unbranched alkanes of at least 4 members (excludes halogenated alkanes) is 2. The lowest BCUT2D eigenvalue weighted by molar-refractivity contribution is 0.259. The number of nitrogens with two attached hydrogens (primary N) is 1. The van der Waals surface area contributed by atoms with E-state index >= 15 is 0 Å².